The fourth-order valence-electron chi connectivity index (χ4n) is 1.47. The van der Waals surface area contributed by atoms with Gasteiger partial charge in [0.15, 0.2) is 0 Å². The zero-order chi connectivity index (χ0) is 12.3. The molecule has 0 fully saturated rings. The molecule has 2 aromatic rings. The summed E-state index contributed by atoms with van der Waals surface area (Å²) in [5, 5.41) is 0. The molecule has 0 bridgehead atoms. The largest absolute Gasteiger partial charge is 0.439 e. The van der Waals surface area contributed by atoms with E-state index in [0.29, 0.717) is 12.4 Å². The van der Waals surface area contributed by atoms with E-state index in [1.54, 1.807) is 0 Å². The molecule has 0 unspecified atom stereocenters. The predicted molar refractivity (Wildman–Crippen MR) is 71.1 cm³/mol. The highest BCUT2D eigenvalue weighted by molar-refractivity contribution is 9.10. The number of nitrogens with zero attached hydrogens (tertiary/aromatic N) is 1. The summed E-state index contributed by atoms with van der Waals surface area (Å²) < 4.78 is 6.75. The monoisotopic (exact) mass is 292 g/mol. The minimum Gasteiger partial charge on any atom is -0.439 e. The van der Waals surface area contributed by atoms with Gasteiger partial charge in [-0.05, 0) is 36.8 Å². The van der Waals surface area contributed by atoms with Crippen LogP contribution in [0.5, 0.6) is 11.6 Å². The van der Waals surface area contributed by atoms with Gasteiger partial charge in [-0.25, -0.2) is 4.98 Å². The molecule has 3 nitrogen and oxygen atoms in total. The Kier molecular flexibility index (Phi) is 3.76. The summed E-state index contributed by atoms with van der Waals surface area (Å²) in [6.45, 7) is 2.41. The van der Waals surface area contributed by atoms with Crippen molar-refractivity contribution in [2.24, 2.45) is 5.73 Å². The Morgan fingerprint density at radius 1 is 1.29 bits per heavy atom. The smallest absolute Gasteiger partial charge is 0.219 e. The molecule has 0 aliphatic heterocycles. The van der Waals surface area contributed by atoms with Crippen LogP contribution >= 0.6 is 15.9 Å². The van der Waals surface area contributed by atoms with Crippen molar-refractivity contribution < 1.29 is 4.74 Å². The van der Waals surface area contributed by atoms with Crippen molar-refractivity contribution in [1.29, 1.82) is 0 Å². The Morgan fingerprint density at radius 3 is 2.82 bits per heavy atom. The number of aryl methyl sites for hydroxylation is 1. The van der Waals surface area contributed by atoms with Crippen molar-refractivity contribution in [3.05, 3.63) is 52.1 Å². The maximum absolute atomic E-state index is 5.72. The van der Waals surface area contributed by atoms with Gasteiger partial charge < -0.3 is 10.5 Å². The molecule has 0 radical (unpaired) electrons. The molecule has 17 heavy (non-hydrogen) atoms. The van der Waals surface area contributed by atoms with Crippen molar-refractivity contribution in [2.45, 2.75) is 13.5 Å². The zero-order valence-electron chi connectivity index (χ0n) is 9.48. The summed E-state index contributed by atoms with van der Waals surface area (Å²) in [6.07, 6.45) is 0. The maximum atomic E-state index is 5.72. The number of benzene rings is 1. The summed E-state index contributed by atoms with van der Waals surface area (Å²) in [5.74, 6) is 1.37. The second-order valence-electron chi connectivity index (χ2n) is 3.68. The van der Waals surface area contributed by atoms with E-state index in [9.17, 15) is 0 Å². The fraction of sp³-hybridized carbons (Fsp3) is 0.154. The first-order chi connectivity index (χ1) is 8.19. The Morgan fingerprint density at radius 2 is 2.12 bits per heavy atom. The number of aromatic nitrogens is 1. The molecular formula is C13H13BrN2O. The number of halogens is 1. The molecule has 0 spiro atoms. The lowest BCUT2D eigenvalue weighted by molar-refractivity contribution is 0.457. The average Bonchev–Trinajstić information content (AvgIpc) is 2.33. The maximum Gasteiger partial charge on any atom is 0.219 e. The Bertz CT molecular complexity index is 529. The van der Waals surface area contributed by atoms with Gasteiger partial charge in [-0.3, -0.25) is 0 Å². The number of pyridine rings is 1. The molecule has 1 heterocycles. The molecule has 2 rings (SSSR count). The Balaban J connectivity index is 2.25. The Hall–Kier alpha value is -1.39. The third-order valence-corrected chi connectivity index (χ3v) is 2.84. The van der Waals surface area contributed by atoms with Crippen LogP contribution in [0.1, 0.15) is 11.3 Å². The highest BCUT2D eigenvalue weighted by Gasteiger charge is 2.03. The van der Waals surface area contributed by atoms with Gasteiger partial charge in [0.2, 0.25) is 5.88 Å². The number of hydrogen-bond acceptors (Lipinski definition) is 3. The minimum absolute atomic E-state index is 0.413. The third-order valence-electron chi connectivity index (χ3n) is 2.34. The van der Waals surface area contributed by atoms with Gasteiger partial charge in [0, 0.05) is 17.1 Å². The van der Waals surface area contributed by atoms with Crippen LogP contribution in [0.3, 0.4) is 0 Å². The number of nitrogens with two attached hydrogens (primary N) is 1. The van der Waals surface area contributed by atoms with Gasteiger partial charge >= 0.3 is 0 Å². The van der Waals surface area contributed by atoms with E-state index in [4.69, 9.17) is 10.5 Å². The third kappa shape index (κ3) is 3.05. The van der Waals surface area contributed by atoms with E-state index in [1.165, 1.54) is 0 Å². The normalized spacial score (nSPS) is 10.3. The fourth-order valence-corrected chi connectivity index (χ4v) is 1.94. The van der Waals surface area contributed by atoms with Gasteiger partial charge in [0.05, 0.1) is 5.69 Å². The highest BCUT2D eigenvalue weighted by Crippen LogP contribution is 2.26. The summed E-state index contributed by atoms with van der Waals surface area (Å²) in [5.41, 5.74) is 7.41. The van der Waals surface area contributed by atoms with E-state index in [2.05, 4.69) is 20.9 Å². The lowest BCUT2D eigenvalue weighted by atomic mass is 10.2. The van der Waals surface area contributed by atoms with Crippen LogP contribution in [0.4, 0.5) is 0 Å². The molecule has 0 aliphatic rings. The molecule has 1 aromatic heterocycles. The quantitative estimate of drug-likeness (QED) is 0.943. The van der Waals surface area contributed by atoms with Crippen molar-refractivity contribution >= 4 is 15.9 Å². The molecule has 1 aromatic carbocycles. The number of hydrogen-bond donors (Lipinski definition) is 1. The first-order valence-electron chi connectivity index (χ1n) is 5.29. The molecule has 4 heteroatoms. The zero-order valence-corrected chi connectivity index (χ0v) is 11.1. The second-order valence-corrected chi connectivity index (χ2v) is 4.60. The van der Waals surface area contributed by atoms with Crippen molar-refractivity contribution in [3.8, 4) is 11.6 Å². The van der Waals surface area contributed by atoms with Gasteiger partial charge in [-0.2, -0.15) is 0 Å². The topological polar surface area (TPSA) is 48.1 Å². The summed E-state index contributed by atoms with van der Waals surface area (Å²) >= 11 is 3.42. The predicted octanol–water partition coefficient (Wildman–Crippen LogP) is 3.40. The van der Waals surface area contributed by atoms with Crippen LogP contribution in [0.15, 0.2) is 40.9 Å². The van der Waals surface area contributed by atoms with Crippen LogP contribution in [0.2, 0.25) is 0 Å². The van der Waals surface area contributed by atoms with Gasteiger partial charge in [0.1, 0.15) is 5.75 Å². The number of rotatable bonds is 3. The first kappa shape index (κ1) is 12.1. The number of ether oxygens (including phenoxy) is 1. The summed E-state index contributed by atoms with van der Waals surface area (Å²) in [7, 11) is 0. The van der Waals surface area contributed by atoms with Crippen LogP contribution < -0.4 is 10.5 Å². The highest BCUT2D eigenvalue weighted by atomic mass is 79.9. The standard InChI is InChI=1S/C13H13BrN2O/c1-9-7-10(14)5-6-12(9)17-13-4-2-3-11(8-15)16-13/h2-7H,8,15H2,1H3. The molecular weight excluding hydrogens is 280 g/mol. The van der Waals surface area contributed by atoms with Crippen molar-refractivity contribution in [2.75, 3.05) is 0 Å². The van der Waals surface area contributed by atoms with Crippen LogP contribution in [0.25, 0.3) is 0 Å². The SMILES string of the molecule is Cc1cc(Br)ccc1Oc1cccc(CN)n1. The molecule has 0 amide bonds. The Labute approximate surface area is 109 Å². The second kappa shape index (κ2) is 5.29. The van der Waals surface area contributed by atoms with Gasteiger partial charge in [-0.1, -0.05) is 22.0 Å². The van der Waals surface area contributed by atoms with Gasteiger partial charge in [-0.15, -0.1) is 0 Å². The molecule has 88 valence electrons. The van der Waals surface area contributed by atoms with E-state index in [1.807, 2.05) is 43.3 Å². The van der Waals surface area contributed by atoms with Crippen molar-refractivity contribution in [3.63, 3.8) is 0 Å². The summed E-state index contributed by atoms with van der Waals surface area (Å²) in [4.78, 5) is 4.29. The van der Waals surface area contributed by atoms with Crippen molar-refractivity contribution in [1.82, 2.24) is 4.98 Å². The molecule has 0 atom stereocenters. The van der Waals surface area contributed by atoms with Crippen LogP contribution in [-0.4, -0.2) is 4.98 Å². The van der Waals surface area contributed by atoms with E-state index < -0.39 is 0 Å². The first-order valence-corrected chi connectivity index (χ1v) is 6.08. The van der Waals surface area contributed by atoms with Crippen LogP contribution in [0, 0.1) is 6.92 Å². The van der Waals surface area contributed by atoms with E-state index in [0.717, 1.165) is 21.5 Å². The average molecular weight is 293 g/mol. The lowest BCUT2D eigenvalue weighted by Crippen LogP contribution is -2.00. The molecule has 0 saturated carbocycles. The van der Waals surface area contributed by atoms with Crippen LogP contribution in [-0.2, 0) is 6.54 Å². The van der Waals surface area contributed by atoms with E-state index in [-0.39, 0.29) is 0 Å². The lowest BCUT2D eigenvalue weighted by Gasteiger charge is -2.08. The summed E-state index contributed by atoms with van der Waals surface area (Å²) in [6, 6.07) is 11.4. The minimum atomic E-state index is 0.413. The van der Waals surface area contributed by atoms with E-state index >= 15 is 0 Å². The van der Waals surface area contributed by atoms with Gasteiger partial charge in [0.25, 0.3) is 0 Å². The molecule has 2 N–H and O–H groups in total. The molecule has 0 aliphatic carbocycles. The molecule has 0 saturated heterocycles.